The fraction of sp³-hybridized carbons (Fsp3) is 0.611. The van der Waals surface area contributed by atoms with Gasteiger partial charge in [0.25, 0.3) is 0 Å². The Morgan fingerprint density at radius 1 is 1.24 bits per heavy atom. The molecule has 0 aromatic heterocycles. The van der Waals surface area contributed by atoms with E-state index in [1.807, 2.05) is 6.07 Å². The minimum atomic E-state index is 0.0408. The highest BCUT2D eigenvalue weighted by Gasteiger charge is 2.38. The molecule has 0 saturated heterocycles. The topological polar surface area (TPSA) is 49.3 Å². The normalized spacial score (nSPS) is 21.0. The Hall–Kier alpha value is -1.51. The number of carbonyl (C=O) groups excluding carboxylic acids is 1. The van der Waals surface area contributed by atoms with Crippen molar-refractivity contribution < 1.29 is 9.90 Å². The Morgan fingerprint density at radius 2 is 1.86 bits per heavy atom. The van der Waals surface area contributed by atoms with Crippen LogP contribution in [0.4, 0.5) is 0 Å². The van der Waals surface area contributed by atoms with Crippen molar-refractivity contribution in [1.82, 2.24) is 5.32 Å². The molecule has 1 amide bonds. The standard InChI is InChI=1S/C18H27NO2/c1-17(2)10-14(11-18(3,4)12-17)19-16(21)9-13-6-5-7-15(20)8-13/h5-8,14,20H,9-12H2,1-4H3,(H,19,21). The third kappa shape index (κ3) is 4.76. The first-order chi connectivity index (χ1) is 9.65. The summed E-state index contributed by atoms with van der Waals surface area (Å²) < 4.78 is 0. The summed E-state index contributed by atoms with van der Waals surface area (Å²) in [7, 11) is 0. The fourth-order valence-electron chi connectivity index (χ4n) is 4.08. The molecule has 3 heteroatoms. The third-order valence-corrected chi connectivity index (χ3v) is 4.20. The first-order valence-electron chi connectivity index (χ1n) is 7.73. The first kappa shape index (κ1) is 15.9. The van der Waals surface area contributed by atoms with E-state index < -0.39 is 0 Å². The highest BCUT2D eigenvalue weighted by atomic mass is 16.3. The van der Waals surface area contributed by atoms with Crippen LogP contribution < -0.4 is 5.32 Å². The SMILES string of the molecule is CC1(C)CC(NC(=O)Cc2cccc(O)c2)CC(C)(C)C1. The molecule has 0 atom stereocenters. The van der Waals surface area contributed by atoms with Crippen molar-refractivity contribution in [3.05, 3.63) is 29.8 Å². The van der Waals surface area contributed by atoms with Gasteiger partial charge in [0.05, 0.1) is 6.42 Å². The second-order valence-electron chi connectivity index (χ2n) is 8.02. The van der Waals surface area contributed by atoms with Crippen LogP contribution in [0.3, 0.4) is 0 Å². The molecule has 0 aliphatic heterocycles. The molecule has 116 valence electrons. The van der Waals surface area contributed by atoms with Crippen molar-refractivity contribution in [3.63, 3.8) is 0 Å². The van der Waals surface area contributed by atoms with E-state index in [0.717, 1.165) is 18.4 Å². The second-order valence-corrected chi connectivity index (χ2v) is 8.02. The third-order valence-electron chi connectivity index (χ3n) is 4.20. The summed E-state index contributed by atoms with van der Waals surface area (Å²) >= 11 is 0. The second kappa shape index (κ2) is 5.70. The highest BCUT2D eigenvalue weighted by Crippen LogP contribution is 2.45. The van der Waals surface area contributed by atoms with Crippen molar-refractivity contribution in [2.24, 2.45) is 10.8 Å². The lowest BCUT2D eigenvalue weighted by Crippen LogP contribution is -2.46. The van der Waals surface area contributed by atoms with Gasteiger partial charge in [0, 0.05) is 6.04 Å². The smallest absolute Gasteiger partial charge is 0.224 e. The van der Waals surface area contributed by atoms with Crippen LogP contribution in [0.15, 0.2) is 24.3 Å². The molecule has 1 aromatic rings. The van der Waals surface area contributed by atoms with E-state index in [1.165, 1.54) is 6.42 Å². The van der Waals surface area contributed by atoms with E-state index in [2.05, 4.69) is 33.0 Å². The summed E-state index contributed by atoms with van der Waals surface area (Å²) in [6.45, 7) is 9.12. The lowest BCUT2D eigenvalue weighted by Gasteiger charge is -2.45. The van der Waals surface area contributed by atoms with Crippen LogP contribution in [0.2, 0.25) is 0 Å². The molecule has 2 N–H and O–H groups in total. The maximum atomic E-state index is 12.2. The van der Waals surface area contributed by atoms with Crippen LogP contribution in [0.25, 0.3) is 0 Å². The highest BCUT2D eigenvalue weighted by molar-refractivity contribution is 5.79. The van der Waals surface area contributed by atoms with E-state index in [-0.39, 0.29) is 28.5 Å². The van der Waals surface area contributed by atoms with E-state index in [9.17, 15) is 9.90 Å². The largest absolute Gasteiger partial charge is 0.508 e. The zero-order valence-corrected chi connectivity index (χ0v) is 13.6. The van der Waals surface area contributed by atoms with Gasteiger partial charge in [-0.1, -0.05) is 39.8 Å². The van der Waals surface area contributed by atoms with Gasteiger partial charge in [-0.15, -0.1) is 0 Å². The minimum Gasteiger partial charge on any atom is -0.508 e. The Bertz CT molecular complexity index is 504. The number of carbonyl (C=O) groups is 1. The van der Waals surface area contributed by atoms with Gasteiger partial charge in [-0.2, -0.15) is 0 Å². The number of rotatable bonds is 3. The van der Waals surface area contributed by atoms with Crippen molar-refractivity contribution in [1.29, 1.82) is 0 Å². The lowest BCUT2D eigenvalue weighted by atomic mass is 9.63. The minimum absolute atomic E-state index is 0.0408. The number of nitrogens with one attached hydrogen (secondary N) is 1. The van der Waals surface area contributed by atoms with Crippen molar-refractivity contribution in [2.45, 2.75) is 59.4 Å². The molecule has 0 unspecified atom stereocenters. The number of hydrogen-bond acceptors (Lipinski definition) is 2. The van der Waals surface area contributed by atoms with Crippen molar-refractivity contribution in [3.8, 4) is 5.75 Å². The summed E-state index contributed by atoms with van der Waals surface area (Å²) in [5, 5.41) is 12.6. The van der Waals surface area contributed by atoms with Crippen LogP contribution >= 0.6 is 0 Å². The number of phenols is 1. The Kier molecular flexibility index (Phi) is 4.31. The Morgan fingerprint density at radius 3 is 2.43 bits per heavy atom. The molecule has 1 aliphatic carbocycles. The summed E-state index contributed by atoms with van der Waals surface area (Å²) in [5.74, 6) is 0.249. The molecule has 1 fully saturated rings. The number of amides is 1. The zero-order chi connectivity index (χ0) is 15.7. The Balaban J connectivity index is 1.96. The molecular weight excluding hydrogens is 262 g/mol. The maximum Gasteiger partial charge on any atom is 0.224 e. The van der Waals surface area contributed by atoms with E-state index >= 15 is 0 Å². The molecule has 21 heavy (non-hydrogen) atoms. The monoisotopic (exact) mass is 289 g/mol. The predicted molar refractivity (Wildman–Crippen MR) is 85.2 cm³/mol. The number of phenolic OH excluding ortho intramolecular Hbond substituents is 1. The maximum absolute atomic E-state index is 12.2. The molecule has 0 heterocycles. The summed E-state index contributed by atoms with van der Waals surface area (Å²) in [4.78, 5) is 12.2. The van der Waals surface area contributed by atoms with Gasteiger partial charge in [-0.05, 0) is 47.8 Å². The average Bonchev–Trinajstić information content (AvgIpc) is 2.23. The van der Waals surface area contributed by atoms with Gasteiger partial charge >= 0.3 is 0 Å². The van der Waals surface area contributed by atoms with E-state index in [4.69, 9.17) is 0 Å². The lowest BCUT2D eigenvalue weighted by molar-refractivity contribution is -0.122. The van der Waals surface area contributed by atoms with Crippen LogP contribution in [0.5, 0.6) is 5.75 Å². The number of benzene rings is 1. The van der Waals surface area contributed by atoms with Crippen LogP contribution in [-0.2, 0) is 11.2 Å². The number of hydrogen-bond donors (Lipinski definition) is 2. The average molecular weight is 289 g/mol. The molecule has 2 rings (SSSR count). The molecule has 0 radical (unpaired) electrons. The molecule has 1 aromatic carbocycles. The van der Waals surface area contributed by atoms with Crippen molar-refractivity contribution in [2.75, 3.05) is 0 Å². The molecular formula is C18H27NO2. The molecule has 3 nitrogen and oxygen atoms in total. The Labute approximate surface area is 127 Å². The van der Waals surface area contributed by atoms with E-state index in [0.29, 0.717) is 6.42 Å². The zero-order valence-electron chi connectivity index (χ0n) is 13.6. The van der Waals surface area contributed by atoms with Gasteiger partial charge in [-0.3, -0.25) is 4.79 Å². The van der Waals surface area contributed by atoms with Crippen LogP contribution in [-0.4, -0.2) is 17.1 Å². The predicted octanol–water partition coefficient (Wildman–Crippen LogP) is 3.66. The summed E-state index contributed by atoms with van der Waals surface area (Å²) in [6.07, 6.45) is 3.58. The quantitative estimate of drug-likeness (QED) is 0.892. The van der Waals surface area contributed by atoms with Gasteiger partial charge in [0.1, 0.15) is 5.75 Å². The van der Waals surface area contributed by atoms with Crippen molar-refractivity contribution >= 4 is 5.91 Å². The summed E-state index contributed by atoms with van der Waals surface area (Å²) in [6, 6.07) is 7.15. The van der Waals surface area contributed by atoms with Gasteiger partial charge < -0.3 is 10.4 Å². The molecule has 0 spiro atoms. The van der Waals surface area contributed by atoms with Crippen LogP contribution in [0.1, 0.15) is 52.5 Å². The number of aromatic hydroxyl groups is 1. The van der Waals surface area contributed by atoms with Gasteiger partial charge in [-0.25, -0.2) is 0 Å². The summed E-state index contributed by atoms with van der Waals surface area (Å²) in [5.41, 5.74) is 1.39. The molecule has 0 bridgehead atoms. The fourth-order valence-corrected chi connectivity index (χ4v) is 4.08. The van der Waals surface area contributed by atoms with Gasteiger partial charge in [0.2, 0.25) is 5.91 Å². The first-order valence-corrected chi connectivity index (χ1v) is 7.73. The molecule has 1 saturated carbocycles. The van der Waals surface area contributed by atoms with Gasteiger partial charge in [0.15, 0.2) is 0 Å². The van der Waals surface area contributed by atoms with Crippen LogP contribution in [0, 0.1) is 10.8 Å². The van der Waals surface area contributed by atoms with E-state index in [1.54, 1.807) is 18.2 Å². The molecule has 1 aliphatic rings.